The van der Waals surface area contributed by atoms with E-state index >= 15 is 0 Å². The summed E-state index contributed by atoms with van der Waals surface area (Å²) in [6, 6.07) is 4.54. The number of likely N-dealkylation sites (tertiary alicyclic amines) is 3. The molecule has 1 aliphatic carbocycles. The number of rotatable bonds is 35. The van der Waals surface area contributed by atoms with E-state index in [1.54, 1.807) is 12.1 Å². The number of benzene rings is 4. The van der Waals surface area contributed by atoms with Crippen molar-refractivity contribution < 1.29 is 112 Å². The van der Waals surface area contributed by atoms with E-state index in [0.717, 1.165) is 35.9 Å². The molecular weight excluding hydrogens is 1460 g/mol. The van der Waals surface area contributed by atoms with Crippen molar-refractivity contribution in [3.8, 4) is 39.7 Å². The lowest BCUT2D eigenvalue weighted by Crippen LogP contribution is -2.60. The predicted octanol–water partition coefficient (Wildman–Crippen LogP) is 0.577. The highest BCUT2D eigenvalue weighted by Gasteiger charge is 2.43. The number of nitrogens with one attached hydrogen (secondary N) is 7. The van der Waals surface area contributed by atoms with Gasteiger partial charge in [-0.2, -0.15) is 5.10 Å². The van der Waals surface area contributed by atoms with Gasteiger partial charge in [-0.05, 0) is 157 Å². The number of hydrogen-bond donors (Lipinski definition) is 16. The number of carboxylic acid groups (broad SMARTS) is 4. The Kier molecular flexibility index (Phi) is 28.7. The molecule has 0 saturated carbocycles. The molecule has 0 bridgehead atoms. The first-order valence-electron chi connectivity index (χ1n) is 35.2. The number of aromatic carboxylic acids is 1. The van der Waals surface area contributed by atoms with Crippen molar-refractivity contribution in [3.05, 3.63) is 94.1 Å². The molecule has 0 spiro atoms. The molecule has 4 heterocycles. The van der Waals surface area contributed by atoms with Crippen molar-refractivity contribution >= 4 is 123 Å². The lowest BCUT2D eigenvalue weighted by Gasteiger charge is -2.32. The van der Waals surface area contributed by atoms with Crippen LogP contribution < -0.4 is 48.4 Å². The number of carbonyl (C=O) groups excluding carboxylic acids is 10. The van der Waals surface area contributed by atoms with Gasteiger partial charge in [0.1, 0.15) is 72.0 Å². The topological polar surface area (TPSA) is 567 Å². The van der Waals surface area contributed by atoms with Gasteiger partial charge in [0.2, 0.25) is 53.2 Å². The number of aliphatic hydroxyl groups is 1. The van der Waals surface area contributed by atoms with Gasteiger partial charge in [0.05, 0.1) is 17.9 Å². The monoisotopic (exact) mass is 1550 g/mol. The van der Waals surface area contributed by atoms with E-state index in [-0.39, 0.29) is 115 Å². The molecule has 8 rings (SSSR count). The maximum absolute atomic E-state index is 14.5. The molecule has 5 aliphatic rings. The molecule has 10 amide bonds. The smallest absolute Gasteiger partial charge is 0.336 e. The number of aliphatic hydroxyl groups excluding tert-OH is 1. The highest BCUT2D eigenvalue weighted by atomic mass is 32.1. The summed E-state index contributed by atoms with van der Waals surface area (Å²) in [5.74, 6) is -16.0. The highest BCUT2D eigenvalue weighted by molar-refractivity contribution is 7.80. The molecule has 588 valence electrons. The largest absolute Gasteiger partial charge is 0.508 e. The number of aromatic hydroxyl groups is 3. The van der Waals surface area contributed by atoms with Gasteiger partial charge in [0.25, 0.3) is 5.91 Å². The molecule has 17 N–H and O–H groups in total. The zero-order valence-electron chi connectivity index (χ0n) is 59.7. The van der Waals surface area contributed by atoms with Crippen LogP contribution in [0.25, 0.3) is 33.4 Å². The van der Waals surface area contributed by atoms with Crippen LogP contribution in [0.2, 0.25) is 0 Å². The van der Waals surface area contributed by atoms with Crippen molar-refractivity contribution in [2.75, 3.05) is 38.0 Å². The van der Waals surface area contributed by atoms with Crippen LogP contribution in [-0.2, 0) is 62.3 Å². The number of fused-ring (bicyclic) bond motifs is 2. The number of para-hydroxylation sites is 1. The van der Waals surface area contributed by atoms with E-state index in [4.69, 9.17) is 27.5 Å². The Morgan fingerprint density at radius 1 is 0.645 bits per heavy atom. The average molecular weight is 1550 g/mol. The average Bonchev–Trinajstić information content (AvgIpc) is 0.784. The van der Waals surface area contributed by atoms with E-state index in [1.807, 2.05) is 0 Å². The number of thiocarbonyl (C=S) groups is 1. The summed E-state index contributed by atoms with van der Waals surface area (Å²) in [6.07, 6.45) is -2.51. The maximum atomic E-state index is 14.5. The van der Waals surface area contributed by atoms with Crippen molar-refractivity contribution in [1.82, 2.24) is 51.6 Å². The fraction of sp³-hybridized carbons (Fsp3) is 0.431. The van der Waals surface area contributed by atoms with Gasteiger partial charge in [-0.3, -0.25) is 67.1 Å². The van der Waals surface area contributed by atoms with Crippen LogP contribution in [-0.4, -0.2) is 242 Å². The molecular formula is C72H85N13O24S. The number of carboxylic acids is 4. The van der Waals surface area contributed by atoms with Crippen LogP contribution in [0.4, 0.5) is 5.69 Å². The summed E-state index contributed by atoms with van der Waals surface area (Å²) in [6.45, 7) is 1.51. The Bertz CT molecular complexity index is 4450. The normalized spacial score (nSPS) is 17.0. The number of nitrogens with zero attached hydrogens (tertiary/aromatic N) is 5. The second kappa shape index (κ2) is 37.9. The first kappa shape index (κ1) is 83.3. The van der Waals surface area contributed by atoms with Crippen molar-refractivity contribution in [2.45, 2.75) is 165 Å². The molecule has 9 atom stereocenters. The van der Waals surface area contributed by atoms with Crippen LogP contribution in [0.3, 0.4) is 0 Å². The molecule has 0 unspecified atom stereocenters. The zero-order valence-corrected chi connectivity index (χ0v) is 60.5. The number of aliphatic carboxylic acids is 3. The first-order valence-corrected chi connectivity index (χ1v) is 35.6. The minimum atomic E-state index is -1.86. The number of hydrogen-bond acceptors (Lipinski definition) is 22. The van der Waals surface area contributed by atoms with E-state index in [9.17, 15) is 108 Å². The van der Waals surface area contributed by atoms with Gasteiger partial charge in [0.15, 0.2) is 22.0 Å². The molecule has 4 aliphatic heterocycles. The zero-order chi connectivity index (χ0) is 80.4. The van der Waals surface area contributed by atoms with E-state index in [2.05, 4.69) is 42.3 Å². The number of phenolic OH excluding ortho intramolecular Hbond substituents is 3. The van der Waals surface area contributed by atoms with Crippen molar-refractivity contribution in [1.29, 1.82) is 0 Å². The fourth-order valence-electron chi connectivity index (χ4n) is 13.1. The van der Waals surface area contributed by atoms with Crippen LogP contribution in [0, 0.1) is 0 Å². The number of phenols is 3. The van der Waals surface area contributed by atoms with Gasteiger partial charge in [-0.25, -0.2) is 9.80 Å². The summed E-state index contributed by atoms with van der Waals surface area (Å²) in [7, 11) is 0. The molecule has 0 aromatic heterocycles. The molecule has 37 nitrogen and oxygen atoms in total. The lowest BCUT2D eigenvalue weighted by atomic mass is 9.90. The molecule has 3 aromatic rings. The first-order chi connectivity index (χ1) is 52.2. The number of primary amides is 1. The second-order valence-electron chi connectivity index (χ2n) is 26.6. The van der Waals surface area contributed by atoms with Crippen LogP contribution in [0.15, 0.2) is 87.1 Å². The number of unbranched alkanes of at least 4 members (excludes halogenated alkanes) is 1. The quantitative estimate of drug-likeness (QED) is 0.00659. The van der Waals surface area contributed by atoms with E-state index < -0.39 is 188 Å². The molecule has 0 radical (unpaired) electrons. The summed E-state index contributed by atoms with van der Waals surface area (Å²) >= 11 is 5.57. The minimum absolute atomic E-state index is 0.0137. The summed E-state index contributed by atoms with van der Waals surface area (Å²) in [4.78, 5) is 202. The second-order valence-corrected chi connectivity index (χ2v) is 27.0. The van der Waals surface area contributed by atoms with E-state index in [1.165, 1.54) is 59.5 Å². The predicted molar refractivity (Wildman–Crippen MR) is 391 cm³/mol. The number of nitrogens with two attached hydrogens (primary N) is 1. The fourth-order valence-corrected chi connectivity index (χ4v) is 13.3. The molecule has 38 heteroatoms. The number of anilines is 1. The molecule has 3 saturated heterocycles. The number of hydrazone groups is 1. The maximum Gasteiger partial charge on any atom is 0.336 e. The third-order valence-corrected chi connectivity index (χ3v) is 19.0. The standard InChI is InChI=1S/C72H85N13O24S/c1-36(69(105)85(75-34-38-9-5-13-52(89)62(38)98)35-56(91)83-29-7-11-50(83)65(101)79-47(22-25-58(94)95)64(100)78-46(63(73)99)21-24-57(92)93)76-68(104)61(37(2)86)81-67(103)51-12-8-30-84(51)70(106)48(23-26-59(96)97)80-66(102)49-10-6-28-82(49)55(90)14-3-4-27-74-72(110)77-39-15-18-42(71(107)108)45(31-39)60-43-19-16-40(87)32-53(43)109-54-33-41(88)17-20-44(54)60/h5,9,13,15-20,31-34,36-37,46-51,61,86-87,89,98H,3-4,6-8,10-12,14,21-30,35H2,1-2H3,(H2,73,99)(H,76,104)(H,78,100)(H,79,101)(H,80,102)(H,81,103)(H,92,93)(H,94,95)(H,96,97)(H,107,108)(H2,74,77,110)/b75-34+/t36-,37-,46-,47-,48-,49-,50-,51-,61-/m1/s1. The third-order valence-electron chi connectivity index (χ3n) is 18.7. The van der Waals surface area contributed by atoms with Gasteiger partial charge in [-0.15, -0.1) is 0 Å². The van der Waals surface area contributed by atoms with Gasteiger partial charge >= 0.3 is 23.9 Å². The Morgan fingerprint density at radius 2 is 1.24 bits per heavy atom. The minimum Gasteiger partial charge on any atom is -0.508 e. The molecule has 110 heavy (non-hydrogen) atoms. The Labute approximate surface area is 631 Å². The van der Waals surface area contributed by atoms with E-state index in [0.29, 0.717) is 46.5 Å². The highest BCUT2D eigenvalue weighted by Crippen LogP contribution is 2.43. The van der Waals surface area contributed by atoms with Crippen molar-refractivity contribution in [3.63, 3.8) is 0 Å². The number of amides is 10. The number of carbonyl (C=O) groups is 14. The van der Waals surface area contributed by atoms with Crippen molar-refractivity contribution in [2.24, 2.45) is 10.8 Å². The van der Waals surface area contributed by atoms with Gasteiger partial charge in [0, 0.05) is 91.8 Å². The van der Waals surface area contributed by atoms with Crippen LogP contribution in [0.5, 0.6) is 17.2 Å². The lowest BCUT2D eigenvalue weighted by molar-refractivity contribution is -0.146. The SMILES string of the molecule is C[C@@H](NC(=O)[C@H](NC(=O)[C@H]1CCCN1C(=O)[C@@H](CCC(=O)O)NC(=O)[C@H]1CCCN1C(=O)CCCCNC(=S)Nc1ccc(C(=O)O)c(-c2c3ccc(=O)cc-3oc3cc(O)ccc23)c1)[C@@H](C)O)C(=O)N(CC(=O)N1CCC[C@@H]1C(=O)N[C@H](CCC(=O)O)C(=O)N[C@H](CCC(=O)O)C(N)=O)/N=C/c1cccc(O)c1O. The van der Waals surface area contributed by atoms with Gasteiger partial charge in [-0.1, -0.05) is 6.07 Å². The van der Waals surface area contributed by atoms with Crippen LogP contribution in [0.1, 0.15) is 126 Å². The summed E-state index contributed by atoms with van der Waals surface area (Å²) in [5.41, 5.74) is 6.45. The molecule has 3 fully saturated rings. The summed E-state index contributed by atoms with van der Waals surface area (Å²) in [5, 5.41) is 104. The van der Waals surface area contributed by atoms with Crippen LogP contribution >= 0.6 is 12.2 Å². The summed E-state index contributed by atoms with van der Waals surface area (Å²) < 4.78 is 5.94. The Hall–Kier alpha value is -12.3. The third kappa shape index (κ3) is 21.7. The Morgan fingerprint density at radius 3 is 1.85 bits per heavy atom. The van der Waals surface area contributed by atoms with Gasteiger partial charge < -0.3 is 103 Å². The molecule has 3 aromatic carbocycles. The Balaban J connectivity index is 0.868.